The lowest BCUT2D eigenvalue weighted by Gasteiger charge is -2.29. The van der Waals surface area contributed by atoms with Crippen molar-refractivity contribution in [2.24, 2.45) is 0 Å². The third kappa shape index (κ3) is 2.56. The Morgan fingerprint density at radius 3 is 2.54 bits per heavy atom. The van der Waals surface area contributed by atoms with Gasteiger partial charge in [0.1, 0.15) is 6.10 Å². The van der Waals surface area contributed by atoms with Crippen LogP contribution in [-0.4, -0.2) is 37.1 Å². The molecule has 1 amide bonds. The first-order valence-corrected chi connectivity index (χ1v) is 4.63. The maximum absolute atomic E-state index is 11.6. The summed E-state index contributed by atoms with van der Waals surface area (Å²) >= 11 is 0. The van der Waals surface area contributed by atoms with E-state index >= 15 is 0 Å². The molecule has 0 bridgehead atoms. The van der Waals surface area contributed by atoms with Gasteiger partial charge in [-0.3, -0.25) is 4.79 Å². The fourth-order valence-electron chi connectivity index (χ4n) is 1.40. The number of nitrogens with zero attached hydrogens (tertiary/aromatic N) is 1. The molecular formula is C10H17NO2. The van der Waals surface area contributed by atoms with Crippen LogP contribution in [0.5, 0.6) is 0 Å². The second-order valence-corrected chi connectivity index (χ2v) is 3.45. The molecule has 1 aliphatic heterocycles. The Morgan fingerprint density at radius 2 is 2.08 bits per heavy atom. The van der Waals surface area contributed by atoms with E-state index in [9.17, 15) is 4.79 Å². The number of amides is 1. The average Bonchev–Trinajstić information content (AvgIpc) is 2.17. The van der Waals surface area contributed by atoms with Crippen molar-refractivity contribution in [3.63, 3.8) is 0 Å². The number of ether oxygens (including phenoxy) is 1. The van der Waals surface area contributed by atoms with Crippen LogP contribution < -0.4 is 0 Å². The van der Waals surface area contributed by atoms with E-state index in [1.165, 1.54) is 5.57 Å². The maximum Gasteiger partial charge on any atom is 0.251 e. The smallest absolute Gasteiger partial charge is 0.251 e. The van der Waals surface area contributed by atoms with E-state index in [-0.39, 0.29) is 12.0 Å². The highest BCUT2D eigenvalue weighted by Gasteiger charge is 2.22. The summed E-state index contributed by atoms with van der Waals surface area (Å²) in [7, 11) is 1.56. The minimum Gasteiger partial charge on any atom is -0.372 e. The third-order valence-corrected chi connectivity index (χ3v) is 2.48. The second kappa shape index (κ2) is 4.42. The predicted molar refractivity (Wildman–Crippen MR) is 51.4 cm³/mol. The molecule has 1 heterocycles. The Morgan fingerprint density at radius 1 is 1.54 bits per heavy atom. The zero-order chi connectivity index (χ0) is 9.84. The van der Waals surface area contributed by atoms with Crippen molar-refractivity contribution in [2.45, 2.75) is 25.9 Å². The van der Waals surface area contributed by atoms with Crippen molar-refractivity contribution < 1.29 is 9.53 Å². The van der Waals surface area contributed by atoms with Crippen molar-refractivity contribution in [1.82, 2.24) is 4.90 Å². The van der Waals surface area contributed by atoms with Crippen molar-refractivity contribution in [3.05, 3.63) is 12.2 Å². The van der Waals surface area contributed by atoms with Crippen LogP contribution in [0.4, 0.5) is 0 Å². The molecule has 0 aliphatic carbocycles. The summed E-state index contributed by atoms with van der Waals surface area (Å²) in [5, 5.41) is 0. The third-order valence-electron chi connectivity index (χ3n) is 2.48. The van der Waals surface area contributed by atoms with Gasteiger partial charge in [-0.2, -0.15) is 0 Å². The molecule has 0 aromatic heterocycles. The van der Waals surface area contributed by atoms with Gasteiger partial charge in [-0.15, -0.1) is 0 Å². The topological polar surface area (TPSA) is 29.5 Å². The van der Waals surface area contributed by atoms with Gasteiger partial charge in [0, 0.05) is 20.2 Å². The monoisotopic (exact) mass is 183 g/mol. The SMILES string of the molecule is C=C1CCN(C(=O)C(C)OC)CC1. The van der Waals surface area contributed by atoms with Gasteiger partial charge in [0.2, 0.25) is 0 Å². The van der Waals surface area contributed by atoms with Gasteiger partial charge in [-0.05, 0) is 19.8 Å². The van der Waals surface area contributed by atoms with Gasteiger partial charge in [-0.1, -0.05) is 12.2 Å². The Labute approximate surface area is 79.4 Å². The Balaban J connectivity index is 2.44. The van der Waals surface area contributed by atoms with Gasteiger partial charge in [0.05, 0.1) is 0 Å². The lowest BCUT2D eigenvalue weighted by Crippen LogP contribution is -2.42. The number of carbonyl (C=O) groups excluding carboxylic acids is 1. The maximum atomic E-state index is 11.6. The summed E-state index contributed by atoms with van der Waals surface area (Å²) in [5.41, 5.74) is 1.24. The normalized spacial score (nSPS) is 20.2. The van der Waals surface area contributed by atoms with Crippen LogP contribution in [0.15, 0.2) is 12.2 Å². The number of piperidine rings is 1. The van der Waals surface area contributed by atoms with Gasteiger partial charge in [0.25, 0.3) is 5.91 Å². The number of rotatable bonds is 2. The quantitative estimate of drug-likeness (QED) is 0.602. The molecule has 13 heavy (non-hydrogen) atoms. The summed E-state index contributed by atoms with van der Waals surface area (Å²) in [4.78, 5) is 13.5. The van der Waals surface area contributed by atoms with Crippen molar-refractivity contribution in [3.8, 4) is 0 Å². The molecular weight excluding hydrogens is 166 g/mol. The van der Waals surface area contributed by atoms with Crippen LogP contribution in [0, 0.1) is 0 Å². The first-order chi connectivity index (χ1) is 6.15. The predicted octanol–water partition coefficient (Wildman–Crippen LogP) is 1.20. The first-order valence-electron chi connectivity index (χ1n) is 4.63. The fraction of sp³-hybridized carbons (Fsp3) is 0.700. The van der Waals surface area contributed by atoms with E-state index in [4.69, 9.17) is 4.74 Å². The molecule has 0 aromatic carbocycles. The highest BCUT2D eigenvalue weighted by molar-refractivity contribution is 5.80. The zero-order valence-corrected chi connectivity index (χ0v) is 8.38. The molecule has 1 unspecified atom stereocenters. The first kappa shape index (κ1) is 10.3. The summed E-state index contributed by atoms with van der Waals surface area (Å²) in [6.45, 7) is 7.28. The standard InChI is InChI=1S/C10H17NO2/c1-8-4-6-11(7-5-8)10(12)9(2)13-3/h9H,1,4-7H2,2-3H3. The van der Waals surface area contributed by atoms with Crippen LogP contribution in [0.1, 0.15) is 19.8 Å². The summed E-state index contributed by atoms with van der Waals surface area (Å²) in [5.74, 6) is 0.0926. The zero-order valence-electron chi connectivity index (χ0n) is 8.38. The molecule has 1 aliphatic rings. The van der Waals surface area contributed by atoms with Crippen LogP contribution in [0.3, 0.4) is 0 Å². The molecule has 1 atom stereocenters. The molecule has 1 fully saturated rings. The summed E-state index contributed by atoms with van der Waals surface area (Å²) < 4.78 is 4.98. The van der Waals surface area contributed by atoms with Crippen LogP contribution in [-0.2, 0) is 9.53 Å². The average molecular weight is 183 g/mol. The molecule has 0 saturated carbocycles. The van der Waals surface area contributed by atoms with Gasteiger partial charge < -0.3 is 9.64 Å². The Bertz CT molecular complexity index is 203. The van der Waals surface area contributed by atoms with Gasteiger partial charge >= 0.3 is 0 Å². The lowest BCUT2D eigenvalue weighted by atomic mass is 10.1. The Hall–Kier alpha value is -0.830. The number of hydrogen-bond acceptors (Lipinski definition) is 2. The minimum atomic E-state index is -0.314. The molecule has 0 spiro atoms. The highest BCUT2D eigenvalue weighted by Crippen LogP contribution is 2.14. The van der Waals surface area contributed by atoms with Crippen LogP contribution in [0.2, 0.25) is 0 Å². The molecule has 1 rings (SSSR count). The largest absolute Gasteiger partial charge is 0.372 e. The summed E-state index contributed by atoms with van der Waals surface area (Å²) in [6.07, 6.45) is 1.55. The van der Waals surface area contributed by atoms with Crippen LogP contribution in [0.25, 0.3) is 0 Å². The number of methoxy groups -OCH3 is 1. The van der Waals surface area contributed by atoms with E-state index in [1.807, 2.05) is 4.90 Å². The number of likely N-dealkylation sites (tertiary alicyclic amines) is 1. The number of carbonyl (C=O) groups is 1. The number of hydrogen-bond donors (Lipinski definition) is 0. The van der Waals surface area contributed by atoms with E-state index < -0.39 is 0 Å². The fourth-order valence-corrected chi connectivity index (χ4v) is 1.40. The minimum absolute atomic E-state index is 0.0926. The lowest BCUT2D eigenvalue weighted by molar-refractivity contribution is -0.141. The summed E-state index contributed by atoms with van der Waals surface area (Å²) in [6, 6.07) is 0. The molecule has 3 nitrogen and oxygen atoms in total. The molecule has 74 valence electrons. The van der Waals surface area contributed by atoms with Crippen LogP contribution >= 0.6 is 0 Å². The van der Waals surface area contributed by atoms with Crippen molar-refractivity contribution >= 4 is 5.91 Å². The molecule has 1 saturated heterocycles. The van der Waals surface area contributed by atoms with Crippen molar-refractivity contribution in [1.29, 1.82) is 0 Å². The second-order valence-electron chi connectivity index (χ2n) is 3.45. The molecule has 3 heteroatoms. The molecule has 0 aromatic rings. The van der Waals surface area contributed by atoms with E-state index in [0.29, 0.717) is 0 Å². The molecule has 0 radical (unpaired) electrons. The van der Waals surface area contributed by atoms with Gasteiger partial charge in [-0.25, -0.2) is 0 Å². The Kier molecular flexibility index (Phi) is 3.48. The van der Waals surface area contributed by atoms with E-state index in [1.54, 1.807) is 14.0 Å². The molecule has 0 N–H and O–H groups in total. The van der Waals surface area contributed by atoms with E-state index in [0.717, 1.165) is 25.9 Å². The van der Waals surface area contributed by atoms with E-state index in [2.05, 4.69) is 6.58 Å². The highest BCUT2D eigenvalue weighted by atomic mass is 16.5. The van der Waals surface area contributed by atoms with Crippen molar-refractivity contribution in [2.75, 3.05) is 20.2 Å². The van der Waals surface area contributed by atoms with Gasteiger partial charge in [0.15, 0.2) is 0 Å².